The normalized spacial score (nSPS) is 16.8. The standard InChI is InChI=1S/C33H29N9O13S5.Na.H/c1-14-6-24(42-33(35-14)37-23(39-42)12-59(51,52)16-2-4-19(43)21(45)7-16)56-9-15-10-57-30-26(29(48)41(30)27(15)31(49)50)38-28(47)25(18-11-58-32(34)36-18)40-55-13-60(53,54)17-3-5-20(44)22(46)8-17;;/h2-8,11,26,30,43-46H,9-10,12-13H2,1H3,(H2,34,36)(H,38,47)(H,49,50);;/b40-25-;;/t26-,30-;;/m1../s1. The number of fused-ring (bicyclic) bond motifs is 2. The van der Waals surface area contributed by atoms with Crippen molar-refractivity contribution in [2.45, 2.75) is 38.9 Å². The second-order valence-electron chi connectivity index (χ2n) is 12.8. The molecule has 3 aromatic heterocycles. The first kappa shape index (κ1) is 45.4. The van der Waals surface area contributed by atoms with Crippen molar-refractivity contribution in [1.29, 1.82) is 0 Å². The zero-order valence-electron chi connectivity index (χ0n) is 30.4. The van der Waals surface area contributed by atoms with Crippen LogP contribution in [-0.4, -0.2) is 154 Å². The number of anilines is 1. The van der Waals surface area contributed by atoms with Crippen LogP contribution in [0, 0.1) is 6.92 Å². The number of aromatic hydroxyl groups is 4. The zero-order valence-corrected chi connectivity index (χ0v) is 34.4. The molecule has 0 bridgehead atoms. The summed E-state index contributed by atoms with van der Waals surface area (Å²) in [7, 11) is -8.33. The molecule has 22 nitrogen and oxygen atoms in total. The van der Waals surface area contributed by atoms with Gasteiger partial charge in [-0.05, 0) is 42.8 Å². The van der Waals surface area contributed by atoms with E-state index in [2.05, 4.69) is 30.5 Å². The number of nitrogens with one attached hydrogen (secondary N) is 1. The number of sulfone groups is 2. The number of phenols is 4. The van der Waals surface area contributed by atoms with E-state index < -0.39 is 94.2 Å². The molecule has 61 heavy (non-hydrogen) atoms. The van der Waals surface area contributed by atoms with Gasteiger partial charge in [0.25, 0.3) is 17.6 Å². The van der Waals surface area contributed by atoms with Crippen molar-refractivity contribution in [3.8, 4) is 23.0 Å². The molecule has 5 aromatic rings. The number of carboxylic acids is 1. The number of hydrogen-bond acceptors (Lipinski definition) is 21. The van der Waals surface area contributed by atoms with Crippen LogP contribution in [0.2, 0.25) is 0 Å². The number of carboxylic acid groups (broad SMARTS) is 1. The Morgan fingerprint density at radius 3 is 2.25 bits per heavy atom. The molecule has 0 unspecified atom stereocenters. The maximum absolute atomic E-state index is 13.5. The number of benzene rings is 2. The first-order valence-electron chi connectivity index (χ1n) is 16.8. The van der Waals surface area contributed by atoms with Gasteiger partial charge in [0.2, 0.25) is 15.8 Å². The number of nitrogens with zero attached hydrogens (tertiary/aromatic N) is 7. The molecular weight excluding hydrogens is 914 g/mol. The predicted molar refractivity (Wildman–Crippen MR) is 220 cm³/mol. The van der Waals surface area contributed by atoms with Crippen LogP contribution in [0.5, 0.6) is 23.0 Å². The van der Waals surface area contributed by atoms with Gasteiger partial charge >= 0.3 is 35.5 Å². The number of rotatable bonds is 14. The van der Waals surface area contributed by atoms with Gasteiger partial charge in [0.1, 0.15) is 33.6 Å². The van der Waals surface area contributed by atoms with Crippen LogP contribution in [0.25, 0.3) is 5.78 Å². The zero-order chi connectivity index (χ0) is 43.3. The van der Waals surface area contributed by atoms with Crippen LogP contribution in [-0.2, 0) is 44.6 Å². The average molecular weight is 944 g/mol. The van der Waals surface area contributed by atoms with Crippen LogP contribution in [0.1, 0.15) is 17.2 Å². The van der Waals surface area contributed by atoms with Gasteiger partial charge in [-0.3, -0.25) is 14.5 Å². The topological polar surface area (TPSA) is 339 Å². The summed E-state index contributed by atoms with van der Waals surface area (Å²) in [6.45, 7) is 1.67. The Morgan fingerprint density at radius 1 is 0.984 bits per heavy atom. The van der Waals surface area contributed by atoms with Crippen LogP contribution < -0.4 is 11.1 Å². The fourth-order valence-electron chi connectivity index (χ4n) is 5.80. The number of carbonyl (C=O) groups excluding carboxylic acids is 2. The molecule has 2 atom stereocenters. The SMILES string of the molecule is Cc1cc(SCC2=C(C(=O)O)N3C(=O)[C@@H](NC(=O)/C(=N\OCS(=O)(=O)c4ccc(O)c(O)c4)c4csc(N)n4)[C@H]3SC2)n2nc(CS(=O)(=O)c3ccc(O)c(O)c3)nc2n1.[NaH]. The fourth-order valence-corrected chi connectivity index (χ4v) is 11.0. The Morgan fingerprint density at radius 2 is 1.64 bits per heavy atom. The molecule has 7 rings (SSSR count). The second-order valence-corrected chi connectivity index (χ2v) is 19.7. The van der Waals surface area contributed by atoms with Gasteiger partial charge in [0.05, 0.1) is 9.79 Å². The quantitative estimate of drug-likeness (QED) is 0.0150. The molecule has 2 aliphatic rings. The van der Waals surface area contributed by atoms with Crippen molar-refractivity contribution in [2.75, 3.05) is 23.2 Å². The summed E-state index contributed by atoms with van der Waals surface area (Å²) in [5, 5.41) is 60.3. The van der Waals surface area contributed by atoms with E-state index in [-0.39, 0.29) is 74.1 Å². The number of oxime groups is 1. The van der Waals surface area contributed by atoms with Gasteiger partial charge in [-0.2, -0.15) is 9.50 Å². The van der Waals surface area contributed by atoms with Crippen molar-refractivity contribution in [3.63, 3.8) is 0 Å². The molecule has 0 saturated carbocycles. The third-order valence-electron chi connectivity index (χ3n) is 8.66. The number of nitrogen functional groups attached to an aromatic ring is 1. The number of β-lactam (4-membered cyclic amide) rings is 1. The molecule has 1 saturated heterocycles. The fraction of sp³-hybridized carbons (Fsp3) is 0.212. The van der Waals surface area contributed by atoms with Gasteiger partial charge < -0.3 is 41.4 Å². The molecule has 28 heteroatoms. The Kier molecular flexibility index (Phi) is 13.1. The van der Waals surface area contributed by atoms with Gasteiger partial charge in [0, 0.05) is 34.7 Å². The van der Waals surface area contributed by atoms with Crippen molar-refractivity contribution >= 4 is 118 Å². The van der Waals surface area contributed by atoms with E-state index in [0.29, 0.717) is 16.3 Å². The van der Waals surface area contributed by atoms with Gasteiger partial charge in [-0.15, -0.1) is 40.0 Å². The van der Waals surface area contributed by atoms with Gasteiger partial charge in [-0.1, -0.05) is 5.16 Å². The number of nitrogens with two attached hydrogens (primary N) is 1. The Balaban J connectivity index is 0.00000622. The first-order valence-corrected chi connectivity index (χ1v) is 23.0. The van der Waals surface area contributed by atoms with Crippen molar-refractivity contribution in [1.82, 2.24) is 34.8 Å². The summed E-state index contributed by atoms with van der Waals surface area (Å²) < 4.78 is 52.9. The van der Waals surface area contributed by atoms with E-state index in [0.717, 1.165) is 64.4 Å². The number of carbonyl (C=O) groups is 3. The molecule has 0 aliphatic carbocycles. The minimum absolute atomic E-state index is 0. The average Bonchev–Trinajstić information content (AvgIpc) is 3.80. The first-order chi connectivity index (χ1) is 28.3. The summed E-state index contributed by atoms with van der Waals surface area (Å²) in [5.74, 6) is -7.24. The summed E-state index contributed by atoms with van der Waals surface area (Å²) in [6, 6.07) is 6.23. The Hall–Kier alpha value is -5.16. The number of thioether (sulfide) groups is 2. The van der Waals surface area contributed by atoms with Crippen molar-refractivity contribution in [3.05, 3.63) is 76.3 Å². The number of hydrogen-bond donors (Lipinski definition) is 7. The molecule has 8 N–H and O–H groups in total. The van der Waals surface area contributed by atoms with Gasteiger partial charge in [0.15, 0.2) is 49.5 Å². The van der Waals surface area contributed by atoms with Crippen LogP contribution in [0.4, 0.5) is 5.13 Å². The number of amides is 2. The van der Waals surface area contributed by atoms with Crippen LogP contribution in [0.3, 0.4) is 0 Å². The summed E-state index contributed by atoms with van der Waals surface area (Å²) in [4.78, 5) is 57.6. The number of aryl methyl sites for hydroxylation is 1. The summed E-state index contributed by atoms with van der Waals surface area (Å²) >= 11 is 3.23. The van der Waals surface area contributed by atoms with E-state index in [1.807, 2.05) is 0 Å². The Labute approximate surface area is 378 Å². The number of thiazole rings is 1. The predicted octanol–water partition coefficient (Wildman–Crippen LogP) is 0.302. The molecule has 1 fully saturated rings. The second kappa shape index (κ2) is 17.7. The molecule has 2 aromatic carbocycles. The number of aliphatic carboxylic acids is 1. The number of phenolic OH excluding ortho intramolecular Hbond substituents is 4. The maximum atomic E-state index is 13.5. The van der Waals surface area contributed by atoms with Gasteiger partial charge in [-0.25, -0.2) is 31.6 Å². The monoisotopic (exact) mass is 943 g/mol. The minimum atomic E-state index is -4.26. The molecular formula is C33H30N9NaO13S5. The van der Waals surface area contributed by atoms with Crippen molar-refractivity contribution < 1.29 is 61.6 Å². The number of aromatic nitrogens is 5. The molecule has 0 spiro atoms. The van der Waals surface area contributed by atoms with Crippen LogP contribution in [0.15, 0.2) is 79.1 Å². The van der Waals surface area contributed by atoms with E-state index in [1.165, 1.54) is 21.7 Å². The molecule has 316 valence electrons. The van der Waals surface area contributed by atoms with E-state index in [1.54, 1.807) is 13.0 Å². The van der Waals surface area contributed by atoms with E-state index in [9.17, 15) is 56.8 Å². The molecule has 5 heterocycles. The molecule has 0 radical (unpaired) electrons. The van der Waals surface area contributed by atoms with E-state index in [4.69, 9.17) is 10.6 Å². The third kappa shape index (κ3) is 9.37. The molecule has 2 aliphatic heterocycles. The summed E-state index contributed by atoms with van der Waals surface area (Å²) in [6.07, 6.45) is 0. The van der Waals surface area contributed by atoms with Crippen molar-refractivity contribution in [2.24, 2.45) is 5.16 Å². The van der Waals surface area contributed by atoms with E-state index >= 15 is 0 Å². The molecule has 2 amide bonds. The van der Waals surface area contributed by atoms with Crippen LogP contribution >= 0.6 is 34.9 Å². The third-order valence-corrected chi connectivity index (χ3v) is 14.7. The summed E-state index contributed by atoms with van der Waals surface area (Å²) in [5.41, 5.74) is 5.61. The Bertz CT molecular complexity index is 2910.